The maximum atomic E-state index is 15.4. The number of hydrogen-bond donors (Lipinski definition) is 1. The van der Waals surface area contributed by atoms with E-state index < -0.39 is 35.1 Å². The van der Waals surface area contributed by atoms with Crippen LogP contribution in [0.3, 0.4) is 0 Å². The quantitative estimate of drug-likeness (QED) is 0.241. The Balaban J connectivity index is 1.20. The highest BCUT2D eigenvalue weighted by Crippen LogP contribution is 2.38. The predicted octanol–water partition coefficient (Wildman–Crippen LogP) is 5.61. The molecule has 1 N–H and O–H groups in total. The van der Waals surface area contributed by atoms with Crippen molar-refractivity contribution in [2.75, 3.05) is 32.7 Å². The second-order valence-corrected chi connectivity index (χ2v) is 11.2. The van der Waals surface area contributed by atoms with Gasteiger partial charge in [0, 0.05) is 42.1 Å². The number of anilines is 1. The first kappa shape index (κ1) is 30.8. The van der Waals surface area contributed by atoms with Crippen LogP contribution in [-0.2, 0) is 11.3 Å². The van der Waals surface area contributed by atoms with Crippen LogP contribution in [-0.4, -0.2) is 59.9 Å². The highest BCUT2D eigenvalue weighted by molar-refractivity contribution is 6.07. The normalized spacial score (nSPS) is 15.5. The summed E-state index contributed by atoms with van der Waals surface area (Å²) < 4.78 is 53.1. The Labute approximate surface area is 272 Å². The van der Waals surface area contributed by atoms with Crippen molar-refractivity contribution in [3.63, 3.8) is 0 Å². The summed E-state index contributed by atoms with van der Waals surface area (Å²) in [4.78, 5) is 47.0. The Morgan fingerprint density at radius 1 is 0.958 bits per heavy atom. The average molecular weight is 655 g/mol. The Kier molecular flexibility index (Phi) is 7.97. The van der Waals surface area contributed by atoms with Crippen molar-refractivity contribution in [1.82, 2.24) is 14.5 Å². The molecule has 2 aliphatic rings. The van der Waals surface area contributed by atoms with E-state index in [1.165, 1.54) is 67.6 Å². The molecule has 11 nitrogen and oxygen atoms in total. The van der Waals surface area contributed by atoms with Crippen molar-refractivity contribution in [2.24, 2.45) is 0 Å². The summed E-state index contributed by atoms with van der Waals surface area (Å²) in [6.45, 7) is 1.10. The molecule has 48 heavy (non-hydrogen) atoms. The van der Waals surface area contributed by atoms with Crippen LogP contribution >= 0.6 is 0 Å². The summed E-state index contributed by atoms with van der Waals surface area (Å²) in [5.74, 6) is -1.47. The highest BCUT2D eigenvalue weighted by atomic mass is 19.1. The third-order valence-corrected chi connectivity index (χ3v) is 8.29. The number of benzene rings is 3. The first-order valence-electron chi connectivity index (χ1n) is 15.0. The Morgan fingerprint density at radius 2 is 1.73 bits per heavy atom. The molecule has 4 heterocycles. The second kappa shape index (κ2) is 12.4. The molecule has 244 valence electrons. The molecular weight excluding hydrogens is 626 g/mol. The molecular formula is C35H28F2N4O7. The van der Waals surface area contributed by atoms with Crippen molar-refractivity contribution < 1.29 is 37.3 Å². The van der Waals surface area contributed by atoms with E-state index in [2.05, 4.69) is 10.3 Å². The largest absolute Gasteiger partial charge is 0.493 e. The molecule has 2 aliphatic heterocycles. The number of amides is 2. The fraction of sp³-hybridized carbons (Fsp3) is 0.200. The first-order chi connectivity index (χ1) is 23.2. The number of aromatic nitrogens is 2. The minimum absolute atomic E-state index is 0.0366. The molecule has 2 amide bonds. The monoisotopic (exact) mass is 654 g/mol. The average Bonchev–Trinajstić information content (AvgIpc) is 3.09. The number of pyridine rings is 2. The second-order valence-electron chi connectivity index (χ2n) is 11.2. The molecule has 3 aromatic carbocycles. The van der Waals surface area contributed by atoms with E-state index in [9.17, 15) is 18.8 Å². The molecule has 2 aromatic heterocycles. The van der Waals surface area contributed by atoms with Crippen molar-refractivity contribution in [1.29, 1.82) is 0 Å². The molecule has 5 aromatic rings. The SMILES string of the molecule is COc1cc2nccc(Oc3ccc(NC(=O)c4cn5c(c(-c6ccc(F)cc6)c4=O)C(=O)N4CCCOC4C5)cc3F)c2cc1OC. The number of nitrogens with zero attached hydrogens (tertiary/aromatic N) is 3. The lowest BCUT2D eigenvalue weighted by Crippen LogP contribution is -2.53. The number of methoxy groups -OCH3 is 2. The summed E-state index contributed by atoms with van der Waals surface area (Å²) in [5.41, 5.74) is -0.107. The third kappa shape index (κ3) is 5.47. The van der Waals surface area contributed by atoms with E-state index in [-0.39, 0.29) is 40.4 Å². The molecule has 0 bridgehead atoms. The number of nitrogens with one attached hydrogen (secondary N) is 1. The van der Waals surface area contributed by atoms with Gasteiger partial charge < -0.3 is 33.7 Å². The topological polar surface area (TPSA) is 121 Å². The van der Waals surface area contributed by atoms with Crippen molar-refractivity contribution in [2.45, 2.75) is 19.2 Å². The van der Waals surface area contributed by atoms with E-state index in [0.717, 1.165) is 6.07 Å². The zero-order chi connectivity index (χ0) is 33.5. The summed E-state index contributed by atoms with van der Waals surface area (Å²) >= 11 is 0. The highest BCUT2D eigenvalue weighted by Gasteiger charge is 2.38. The number of hydrogen-bond acceptors (Lipinski definition) is 8. The number of halogens is 2. The van der Waals surface area contributed by atoms with Crippen LogP contribution in [0.4, 0.5) is 14.5 Å². The molecule has 1 saturated heterocycles. The van der Waals surface area contributed by atoms with Gasteiger partial charge in [-0.3, -0.25) is 19.4 Å². The molecule has 13 heteroatoms. The lowest BCUT2D eigenvalue weighted by Gasteiger charge is -2.41. The van der Waals surface area contributed by atoms with Gasteiger partial charge >= 0.3 is 0 Å². The van der Waals surface area contributed by atoms with Crippen LogP contribution in [0.5, 0.6) is 23.0 Å². The van der Waals surface area contributed by atoms with E-state index in [4.69, 9.17) is 18.9 Å². The van der Waals surface area contributed by atoms with Gasteiger partial charge in [-0.25, -0.2) is 8.78 Å². The van der Waals surface area contributed by atoms with Gasteiger partial charge in [-0.15, -0.1) is 0 Å². The van der Waals surface area contributed by atoms with Gasteiger partial charge in [0.2, 0.25) is 5.43 Å². The molecule has 0 radical (unpaired) electrons. The predicted molar refractivity (Wildman–Crippen MR) is 171 cm³/mol. The number of carbonyl (C=O) groups is 2. The molecule has 1 atom stereocenters. The van der Waals surface area contributed by atoms with Crippen LogP contribution in [0.25, 0.3) is 22.0 Å². The van der Waals surface area contributed by atoms with Crippen molar-refractivity contribution in [3.05, 3.63) is 106 Å². The summed E-state index contributed by atoms with van der Waals surface area (Å²) in [5, 5.41) is 3.13. The maximum Gasteiger partial charge on any atom is 0.273 e. The van der Waals surface area contributed by atoms with E-state index in [0.29, 0.717) is 47.7 Å². The summed E-state index contributed by atoms with van der Waals surface area (Å²) in [6, 6.07) is 13.9. The summed E-state index contributed by atoms with van der Waals surface area (Å²) in [6.07, 6.45) is 2.89. The van der Waals surface area contributed by atoms with Crippen LogP contribution in [0.15, 0.2) is 77.9 Å². The third-order valence-electron chi connectivity index (χ3n) is 8.29. The van der Waals surface area contributed by atoms with Gasteiger partial charge in [0.1, 0.15) is 22.8 Å². The van der Waals surface area contributed by atoms with Gasteiger partial charge in [-0.2, -0.15) is 0 Å². The zero-order valence-corrected chi connectivity index (χ0v) is 25.8. The Morgan fingerprint density at radius 3 is 2.48 bits per heavy atom. The minimum Gasteiger partial charge on any atom is -0.493 e. The molecule has 7 rings (SSSR count). The zero-order valence-electron chi connectivity index (χ0n) is 25.8. The van der Waals surface area contributed by atoms with Gasteiger partial charge in [0.15, 0.2) is 29.3 Å². The fourth-order valence-corrected chi connectivity index (χ4v) is 5.98. The van der Waals surface area contributed by atoms with Crippen LogP contribution < -0.4 is 25.0 Å². The Hall–Kier alpha value is -5.82. The maximum absolute atomic E-state index is 15.4. The number of carbonyl (C=O) groups excluding carboxylic acids is 2. The molecule has 0 aliphatic carbocycles. The lowest BCUT2D eigenvalue weighted by molar-refractivity contribution is -0.0916. The molecule has 1 unspecified atom stereocenters. The Bertz CT molecular complexity index is 2150. The first-order valence-corrected chi connectivity index (χ1v) is 15.0. The van der Waals surface area contributed by atoms with Gasteiger partial charge in [-0.1, -0.05) is 12.1 Å². The van der Waals surface area contributed by atoms with Gasteiger partial charge in [0.25, 0.3) is 11.8 Å². The van der Waals surface area contributed by atoms with Gasteiger partial charge in [-0.05, 0) is 48.4 Å². The lowest BCUT2D eigenvalue weighted by atomic mass is 9.98. The van der Waals surface area contributed by atoms with E-state index in [1.54, 1.807) is 23.1 Å². The number of fused-ring (bicyclic) bond motifs is 3. The fourth-order valence-electron chi connectivity index (χ4n) is 5.98. The van der Waals surface area contributed by atoms with Crippen molar-refractivity contribution >= 4 is 28.4 Å². The van der Waals surface area contributed by atoms with Crippen LogP contribution in [0.2, 0.25) is 0 Å². The van der Waals surface area contributed by atoms with Crippen LogP contribution in [0.1, 0.15) is 27.3 Å². The van der Waals surface area contributed by atoms with E-state index >= 15 is 4.39 Å². The van der Waals surface area contributed by atoms with Crippen molar-refractivity contribution in [3.8, 4) is 34.1 Å². The molecule has 1 fully saturated rings. The minimum atomic E-state index is -0.827. The van der Waals surface area contributed by atoms with E-state index in [1.807, 2.05) is 0 Å². The number of ether oxygens (including phenoxy) is 4. The molecule has 0 saturated carbocycles. The smallest absolute Gasteiger partial charge is 0.273 e. The number of rotatable bonds is 7. The standard InChI is InChI=1S/C35H28F2N4O7/c1-45-28-15-22-25(16-29(28)46-2)38-11-10-26(22)48-27-9-8-21(14-24(27)37)39-34(43)23-17-40-18-30-41(12-3-13-47-30)35(44)32(40)31(33(23)42)19-4-6-20(36)7-5-19/h4-11,14-17,30H,3,12-13,18H2,1-2H3,(H,39,43). The molecule has 0 spiro atoms. The van der Waals surface area contributed by atoms with Gasteiger partial charge in [0.05, 0.1) is 38.5 Å². The summed E-state index contributed by atoms with van der Waals surface area (Å²) in [7, 11) is 3.00. The van der Waals surface area contributed by atoms with Crippen LogP contribution in [0, 0.1) is 11.6 Å².